The Morgan fingerprint density at radius 2 is 1.95 bits per heavy atom. The van der Waals surface area contributed by atoms with Gasteiger partial charge in [-0.1, -0.05) is 12.1 Å². The average molecular weight is 262 g/mol. The fourth-order valence-corrected chi connectivity index (χ4v) is 2.08. The Kier molecular flexibility index (Phi) is 4.52. The Labute approximate surface area is 112 Å². The van der Waals surface area contributed by atoms with Gasteiger partial charge in [-0.3, -0.25) is 9.59 Å². The summed E-state index contributed by atoms with van der Waals surface area (Å²) < 4.78 is 5.32. The lowest BCUT2D eigenvalue weighted by Gasteiger charge is -2.30. The zero-order valence-electron chi connectivity index (χ0n) is 11.0. The first kappa shape index (κ1) is 13.5. The molecular weight excluding hydrogens is 244 g/mol. The van der Waals surface area contributed by atoms with Crippen LogP contribution in [0.25, 0.3) is 0 Å². The summed E-state index contributed by atoms with van der Waals surface area (Å²) in [6, 6.07) is 7.62. The molecule has 0 aliphatic carbocycles. The summed E-state index contributed by atoms with van der Waals surface area (Å²) in [4.78, 5) is 24.8. The maximum absolute atomic E-state index is 11.7. The Morgan fingerprint density at radius 3 is 2.63 bits per heavy atom. The van der Waals surface area contributed by atoms with E-state index in [1.807, 2.05) is 24.3 Å². The van der Waals surface area contributed by atoms with E-state index >= 15 is 0 Å². The van der Waals surface area contributed by atoms with Gasteiger partial charge in [-0.25, -0.2) is 0 Å². The highest BCUT2D eigenvalue weighted by Crippen LogP contribution is 2.26. The molecule has 0 saturated carbocycles. The SMILES string of the molecule is CC(=O)CC(=O)Nc1ccccc1N1CCOCC1. The third-order valence-electron chi connectivity index (χ3n) is 2.94. The van der Waals surface area contributed by atoms with Crippen molar-refractivity contribution in [3.8, 4) is 0 Å². The van der Waals surface area contributed by atoms with Crippen LogP contribution in [0.15, 0.2) is 24.3 Å². The predicted octanol–water partition coefficient (Wildman–Crippen LogP) is 1.44. The first-order valence-electron chi connectivity index (χ1n) is 6.38. The van der Waals surface area contributed by atoms with E-state index in [1.165, 1.54) is 6.92 Å². The second-order valence-electron chi connectivity index (χ2n) is 4.54. The number of hydrogen-bond donors (Lipinski definition) is 1. The van der Waals surface area contributed by atoms with Crippen LogP contribution in [0.2, 0.25) is 0 Å². The Bertz CT molecular complexity index is 468. The number of nitrogens with zero attached hydrogens (tertiary/aromatic N) is 1. The molecule has 0 unspecified atom stereocenters. The van der Waals surface area contributed by atoms with Gasteiger partial charge in [-0.15, -0.1) is 0 Å². The van der Waals surface area contributed by atoms with Crippen LogP contribution in [0.1, 0.15) is 13.3 Å². The van der Waals surface area contributed by atoms with Crippen LogP contribution >= 0.6 is 0 Å². The number of hydrogen-bond acceptors (Lipinski definition) is 4. The van der Waals surface area contributed by atoms with E-state index < -0.39 is 0 Å². The third kappa shape index (κ3) is 3.79. The second-order valence-corrected chi connectivity index (χ2v) is 4.54. The fourth-order valence-electron chi connectivity index (χ4n) is 2.08. The number of carbonyl (C=O) groups is 2. The lowest BCUT2D eigenvalue weighted by atomic mass is 10.2. The molecule has 5 nitrogen and oxygen atoms in total. The van der Waals surface area contributed by atoms with Crippen molar-refractivity contribution >= 4 is 23.1 Å². The molecule has 5 heteroatoms. The summed E-state index contributed by atoms with van der Waals surface area (Å²) in [6.45, 7) is 4.40. The minimum atomic E-state index is -0.270. The molecule has 1 fully saturated rings. The van der Waals surface area contributed by atoms with Gasteiger partial charge in [-0.2, -0.15) is 0 Å². The minimum Gasteiger partial charge on any atom is -0.378 e. The van der Waals surface area contributed by atoms with Gasteiger partial charge >= 0.3 is 0 Å². The predicted molar refractivity (Wildman–Crippen MR) is 73.4 cm³/mol. The van der Waals surface area contributed by atoms with Crippen LogP contribution in [0.4, 0.5) is 11.4 Å². The van der Waals surface area contributed by atoms with E-state index in [1.54, 1.807) is 0 Å². The fraction of sp³-hybridized carbons (Fsp3) is 0.429. The van der Waals surface area contributed by atoms with Crippen molar-refractivity contribution < 1.29 is 14.3 Å². The van der Waals surface area contributed by atoms with Gasteiger partial charge < -0.3 is 15.0 Å². The van der Waals surface area contributed by atoms with E-state index in [-0.39, 0.29) is 18.1 Å². The van der Waals surface area contributed by atoms with Gasteiger partial charge in [0.2, 0.25) is 5.91 Å². The summed E-state index contributed by atoms with van der Waals surface area (Å²) in [5.41, 5.74) is 1.72. The number of para-hydroxylation sites is 2. The van der Waals surface area contributed by atoms with Crippen molar-refractivity contribution in [2.24, 2.45) is 0 Å². The highest BCUT2D eigenvalue weighted by Gasteiger charge is 2.15. The number of morpholine rings is 1. The molecular formula is C14H18N2O3. The monoisotopic (exact) mass is 262 g/mol. The van der Waals surface area contributed by atoms with Crippen molar-refractivity contribution in [3.63, 3.8) is 0 Å². The van der Waals surface area contributed by atoms with Crippen molar-refractivity contribution in [2.45, 2.75) is 13.3 Å². The zero-order chi connectivity index (χ0) is 13.7. The Morgan fingerprint density at radius 1 is 1.26 bits per heavy atom. The number of ether oxygens (including phenoxy) is 1. The summed E-state index contributed by atoms with van der Waals surface area (Å²) in [5.74, 6) is -0.408. The van der Waals surface area contributed by atoms with Gasteiger partial charge in [0, 0.05) is 13.1 Å². The number of nitrogens with one attached hydrogen (secondary N) is 1. The van der Waals surface area contributed by atoms with E-state index in [0.29, 0.717) is 13.2 Å². The van der Waals surface area contributed by atoms with Gasteiger partial charge in [0.1, 0.15) is 5.78 Å². The molecule has 1 aliphatic heterocycles. The molecule has 1 saturated heterocycles. The summed E-state index contributed by atoms with van der Waals surface area (Å²) in [6.07, 6.45) is -0.0859. The van der Waals surface area contributed by atoms with E-state index in [9.17, 15) is 9.59 Å². The number of benzene rings is 1. The maximum Gasteiger partial charge on any atom is 0.231 e. The summed E-state index contributed by atoms with van der Waals surface area (Å²) in [5, 5.41) is 2.80. The Hall–Kier alpha value is -1.88. The van der Waals surface area contributed by atoms with Gasteiger partial charge in [0.05, 0.1) is 31.0 Å². The number of ketones is 1. The van der Waals surface area contributed by atoms with Crippen LogP contribution in [0.5, 0.6) is 0 Å². The molecule has 2 rings (SSSR count). The molecule has 1 aliphatic rings. The normalized spacial score (nSPS) is 15.1. The van der Waals surface area contributed by atoms with Gasteiger partial charge in [0.15, 0.2) is 0 Å². The van der Waals surface area contributed by atoms with E-state index in [2.05, 4.69) is 10.2 Å². The van der Waals surface area contributed by atoms with E-state index in [0.717, 1.165) is 24.5 Å². The van der Waals surface area contributed by atoms with Crippen molar-refractivity contribution in [1.29, 1.82) is 0 Å². The van der Waals surface area contributed by atoms with E-state index in [4.69, 9.17) is 4.74 Å². The molecule has 0 bridgehead atoms. The first-order chi connectivity index (χ1) is 9.16. The number of carbonyl (C=O) groups excluding carboxylic acids is 2. The lowest BCUT2D eigenvalue weighted by Crippen LogP contribution is -2.36. The minimum absolute atomic E-state index is 0.0859. The van der Waals surface area contributed by atoms with Crippen LogP contribution < -0.4 is 10.2 Å². The molecule has 102 valence electrons. The standard InChI is InChI=1S/C14H18N2O3/c1-11(17)10-14(18)15-12-4-2-3-5-13(12)16-6-8-19-9-7-16/h2-5H,6-10H2,1H3,(H,15,18). The van der Waals surface area contributed by atoms with Crippen LogP contribution in [-0.2, 0) is 14.3 Å². The maximum atomic E-state index is 11.7. The number of Topliss-reactive ketones (excluding diaryl/α,β-unsaturated/α-hetero) is 1. The molecule has 0 radical (unpaired) electrons. The highest BCUT2D eigenvalue weighted by molar-refractivity contribution is 6.04. The molecule has 1 aromatic rings. The van der Waals surface area contributed by atoms with Crippen molar-refractivity contribution in [3.05, 3.63) is 24.3 Å². The largest absolute Gasteiger partial charge is 0.378 e. The second kappa shape index (κ2) is 6.33. The van der Waals surface area contributed by atoms with Crippen molar-refractivity contribution in [2.75, 3.05) is 36.5 Å². The van der Waals surface area contributed by atoms with Gasteiger partial charge in [0.25, 0.3) is 0 Å². The van der Waals surface area contributed by atoms with Crippen molar-refractivity contribution in [1.82, 2.24) is 0 Å². The quantitative estimate of drug-likeness (QED) is 0.834. The average Bonchev–Trinajstić information content (AvgIpc) is 2.39. The topological polar surface area (TPSA) is 58.6 Å². The van der Waals surface area contributed by atoms with Crippen LogP contribution in [0.3, 0.4) is 0 Å². The molecule has 0 spiro atoms. The molecule has 19 heavy (non-hydrogen) atoms. The number of anilines is 2. The highest BCUT2D eigenvalue weighted by atomic mass is 16.5. The third-order valence-corrected chi connectivity index (χ3v) is 2.94. The molecule has 0 atom stereocenters. The van der Waals surface area contributed by atoms with Crippen LogP contribution in [-0.4, -0.2) is 38.0 Å². The molecule has 0 aromatic heterocycles. The summed E-state index contributed by atoms with van der Waals surface area (Å²) in [7, 11) is 0. The molecule has 1 amide bonds. The number of rotatable bonds is 4. The zero-order valence-corrected chi connectivity index (χ0v) is 11.0. The Balaban J connectivity index is 2.11. The lowest BCUT2D eigenvalue weighted by molar-refractivity contribution is -0.124. The molecule has 1 aromatic carbocycles. The summed E-state index contributed by atoms with van der Waals surface area (Å²) >= 11 is 0. The molecule has 1 N–H and O–H groups in total. The first-order valence-corrected chi connectivity index (χ1v) is 6.38. The van der Waals surface area contributed by atoms with Gasteiger partial charge in [-0.05, 0) is 19.1 Å². The van der Waals surface area contributed by atoms with Crippen LogP contribution in [0, 0.1) is 0 Å². The number of amides is 1. The molecule has 1 heterocycles. The smallest absolute Gasteiger partial charge is 0.231 e.